The fourth-order valence-corrected chi connectivity index (χ4v) is 8.57. The maximum absolute atomic E-state index is 13.7. The zero-order valence-corrected chi connectivity index (χ0v) is 31.1. The number of carbonyl (C=O) groups is 8. The van der Waals surface area contributed by atoms with Crippen molar-refractivity contribution in [2.45, 2.75) is 11.8 Å². The van der Waals surface area contributed by atoms with Crippen molar-refractivity contribution in [2.75, 3.05) is 0 Å². The maximum Gasteiger partial charge on any atom is 0.347 e. The van der Waals surface area contributed by atoms with E-state index in [2.05, 4.69) is 10.2 Å². The van der Waals surface area contributed by atoms with Gasteiger partial charge in [-0.25, -0.2) is 19.2 Å². The predicted octanol–water partition coefficient (Wildman–Crippen LogP) is 7.68. The molecule has 2 aliphatic carbocycles. The third kappa shape index (κ3) is 5.27. The molecule has 0 fully saturated rings. The van der Waals surface area contributed by atoms with Crippen molar-refractivity contribution in [1.82, 2.24) is 10.2 Å². The Labute approximate surface area is 342 Å². The topological polar surface area (TPSA) is 194 Å². The molecule has 13 heteroatoms. The second-order valence-electron chi connectivity index (χ2n) is 14.8. The smallest absolute Gasteiger partial charge is 0.347 e. The Morgan fingerprint density at radius 3 is 1.11 bits per heavy atom. The number of nitrogens with zero attached hydrogens (tertiary/aromatic N) is 2. The molecule has 11 rings (SSSR count). The number of cyclic esters (lactones) is 4. The lowest BCUT2D eigenvalue weighted by atomic mass is 9.93. The molecule has 2 aliphatic heterocycles. The molecule has 3 heterocycles. The minimum Gasteiger partial charge on any atom is -0.416 e. The van der Waals surface area contributed by atoms with Crippen LogP contribution in [-0.2, 0) is 9.47 Å². The summed E-state index contributed by atoms with van der Waals surface area (Å²) in [5.74, 6) is -6.40. The molecule has 0 amide bonds. The second-order valence-corrected chi connectivity index (χ2v) is 14.8. The van der Waals surface area contributed by atoms with Gasteiger partial charge in [0.2, 0.25) is 11.8 Å². The molecular weight excluding hydrogens is 781 g/mol. The van der Waals surface area contributed by atoms with Gasteiger partial charge in [0, 0.05) is 33.4 Å². The number of esters is 4. The molecular formula is C48H22N2O11. The SMILES string of the molecule is O=C1OC(=O)c2c1cccc2-c1ccc2c(c1)C(=O)C(c1ccc(-c3nnc(-c4ccc(C5C(=O)c6ccc(-c7cccc8c7C(=O)OC8=O)cc6C5=O)cc4)o3)cc1)C2=O. The largest absolute Gasteiger partial charge is 0.416 e. The molecule has 2 atom stereocenters. The molecule has 0 saturated heterocycles. The van der Waals surface area contributed by atoms with Crippen LogP contribution in [0.25, 0.3) is 45.2 Å². The molecule has 0 N–H and O–H groups in total. The first-order valence-electron chi connectivity index (χ1n) is 18.8. The number of rotatable bonds is 6. The van der Waals surface area contributed by atoms with Crippen LogP contribution in [0.1, 0.15) is 106 Å². The van der Waals surface area contributed by atoms with Crippen molar-refractivity contribution in [3.05, 3.63) is 177 Å². The van der Waals surface area contributed by atoms with Gasteiger partial charge in [-0.3, -0.25) is 19.2 Å². The number of carbonyl (C=O) groups excluding carboxylic acids is 8. The van der Waals surface area contributed by atoms with Gasteiger partial charge < -0.3 is 13.9 Å². The third-order valence-electron chi connectivity index (χ3n) is 11.5. The van der Waals surface area contributed by atoms with Gasteiger partial charge in [0.1, 0.15) is 11.8 Å². The zero-order chi connectivity index (χ0) is 41.8. The first-order valence-corrected chi connectivity index (χ1v) is 18.8. The van der Waals surface area contributed by atoms with E-state index in [1.165, 1.54) is 12.1 Å². The van der Waals surface area contributed by atoms with Crippen LogP contribution >= 0.6 is 0 Å². The average molecular weight is 803 g/mol. The Bertz CT molecular complexity index is 3030. The number of hydrogen-bond donors (Lipinski definition) is 0. The van der Waals surface area contributed by atoms with Crippen LogP contribution in [0.4, 0.5) is 0 Å². The van der Waals surface area contributed by atoms with Gasteiger partial charge in [-0.05, 0) is 81.9 Å². The van der Waals surface area contributed by atoms with E-state index in [0.717, 1.165) is 0 Å². The molecule has 0 spiro atoms. The highest BCUT2D eigenvalue weighted by Crippen LogP contribution is 2.41. The molecule has 0 radical (unpaired) electrons. The molecule has 6 aromatic carbocycles. The molecule has 1 aromatic heterocycles. The van der Waals surface area contributed by atoms with Crippen LogP contribution < -0.4 is 0 Å². The Morgan fingerprint density at radius 1 is 0.344 bits per heavy atom. The van der Waals surface area contributed by atoms with Gasteiger partial charge in [0.15, 0.2) is 23.1 Å². The third-order valence-corrected chi connectivity index (χ3v) is 11.5. The van der Waals surface area contributed by atoms with Crippen LogP contribution in [0, 0.1) is 0 Å². The number of benzene rings is 6. The summed E-state index contributed by atoms with van der Waals surface area (Å²) in [5.41, 5.74) is 5.22. The summed E-state index contributed by atoms with van der Waals surface area (Å²) in [6.45, 7) is 0. The Kier molecular flexibility index (Phi) is 7.56. The normalized spacial score (nSPS) is 17.4. The number of ether oxygens (including phenoxy) is 2. The molecule has 13 nitrogen and oxygen atoms in total. The molecule has 0 saturated carbocycles. The van der Waals surface area contributed by atoms with Crippen molar-refractivity contribution in [1.29, 1.82) is 0 Å². The lowest BCUT2D eigenvalue weighted by Crippen LogP contribution is -2.12. The summed E-state index contributed by atoms with van der Waals surface area (Å²) in [5, 5.41) is 8.36. The molecule has 0 bridgehead atoms. The van der Waals surface area contributed by atoms with E-state index in [-0.39, 0.29) is 67.9 Å². The van der Waals surface area contributed by atoms with Crippen molar-refractivity contribution in [2.24, 2.45) is 0 Å². The number of fused-ring (bicyclic) bond motifs is 4. The van der Waals surface area contributed by atoms with Gasteiger partial charge >= 0.3 is 23.9 Å². The van der Waals surface area contributed by atoms with Crippen molar-refractivity contribution >= 4 is 47.0 Å². The molecule has 290 valence electrons. The second kappa shape index (κ2) is 13.0. The van der Waals surface area contributed by atoms with Crippen LogP contribution in [0.3, 0.4) is 0 Å². The van der Waals surface area contributed by atoms with Crippen molar-refractivity contribution in [3.63, 3.8) is 0 Å². The summed E-state index contributed by atoms with van der Waals surface area (Å²) in [7, 11) is 0. The minimum atomic E-state index is -1.09. The van der Waals surface area contributed by atoms with Crippen LogP contribution in [0.15, 0.2) is 126 Å². The maximum atomic E-state index is 13.7. The van der Waals surface area contributed by atoms with E-state index in [9.17, 15) is 38.4 Å². The van der Waals surface area contributed by atoms with E-state index in [1.54, 1.807) is 109 Å². The minimum absolute atomic E-state index is 0.113. The molecule has 4 aliphatic rings. The van der Waals surface area contributed by atoms with E-state index in [4.69, 9.17) is 13.9 Å². The highest BCUT2D eigenvalue weighted by molar-refractivity contribution is 6.31. The molecule has 2 unspecified atom stereocenters. The summed E-state index contributed by atoms with van der Waals surface area (Å²) < 4.78 is 15.5. The van der Waals surface area contributed by atoms with Gasteiger partial charge in [0.05, 0.1) is 22.3 Å². The quantitative estimate of drug-likeness (QED) is 0.117. The lowest BCUT2D eigenvalue weighted by Gasteiger charge is -2.08. The summed E-state index contributed by atoms with van der Waals surface area (Å²) in [6.07, 6.45) is 0. The fraction of sp³-hybridized carbons (Fsp3) is 0.0417. The average Bonchev–Trinajstić information content (AvgIpc) is 4.07. The summed E-state index contributed by atoms with van der Waals surface area (Å²) in [4.78, 5) is 104. The van der Waals surface area contributed by atoms with Crippen LogP contribution in [0.5, 0.6) is 0 Å². The van der Waals surface area contributed by atoms with Crippen LogP contribution in [-0.4, -0.2) is 57.2 Å². The first-order chi connectivity index (χ1) is 29.5. The van der Waals surface area contributed by atoms with Gasteiger partial charge in [-0.15, -0.1) is 10.2 Å². The summed E-state index contributed by atoms with van der Waals surface area (Å²) >= 11 is 0. The highest BCUT2D eigenvalue weighted by atomic mass is 16.6. The van der Waals surface area contributed by atoms with E-state index in [1.807, 2.05) is 0 Å². The van der Waals surface area contributed by atoms with E-state index in [0.29, 0.717) is 44.5 Å². The number of Topliss-reactive ketones (excluding diaryl/α,β-unsaturated/α-hetero) is 4. The molecule has 7 aromatic rings. The number of aromatic nitrogens is 2. The zero-order valence-electron chi connectivity index (χ0n) is 31.1. The summed E-state index contributed by atoms with van der Waals surface area (Å²) in [6, 6.07) is 32.2. The standard InChI is InChI=1S/C48H22N2O11/c51-39-29-17-15-25(27-3-1-5-31-37(27)47(57)60-45(31)55)19-33(29)41(53)35(39)21-7-11-23(12-8-21)43-49-50-44(59-43)24-13-9-22(10-14-24)36-40(52)30-18-16-26(20-34(30)42(36)54)28-4-2-6-32-38(28)48(58)61-46(32)56/h1-20,35-36H. The van der Waals surface area contributed by atoms with Gasteiger partial charge in [-0.2, -0.15) is 0 Å². The predicted molar refractivity (Wildman–Crippen MR) is 211 cm³/mol. The number of ketones is 4. The Morgan fingerprint density at radius 2 is 0.705 bits per heavy atom. The Hall–Kier alpha value is -8.58. The lowest BCUT2D eigenvalue weighted by molar-refractivity contribution is 0.0426. The van der Waals surface area contributed by atoms with Crippen molar-refractivity contribution < 1.29 is 52.2 Å². The first kappa shape index (κ1) is 35.6. The van der Waals surface area contributed by atoms with Gasteiger partial charge in [-0.1, -0.05) is 72.8 Å². The van der Waals surface area contributed by atoms with E-state index >= 15 is 0 Å². The fourth-order valence-electron chi connectivity index (χ4n) is 8.57. The highest BCUT2D eigenvalue weighted by Gasteiger charge is 2.42. The van der Waals surface area contributed by atoms with Crippen molar-refractivity contribution in [3.8, 4) is 45.2 Å². The molecule has 61 heavy (non-hydrogen) atoms. The van der Waals surface area contributed by atoms with Gasteiger partial charge in [0.25, 0.3) is 0 Å². The van der Waals surface area contributed by atoms with E-state index < -0.39 is 47.3 Å². The monoisotopic (exact) mass is 802 g/mol. The Balaban J connectivity index is 0.803. The van der Waals surface area contributed by atoms with Crippen LogP contribution in [0.2, 0.25) is 0 Å². The number of hydrogen-bond acceptors (Lipinski definition) is 13.